The summed E-state index contributed by atoms with van der Waals surface area (Å²) < 4.78 is 0. The van der Waals surface area contributed by atoms with E-state index in [-0.39, 0.29) is 24.4 Å². The van der Waals surface area contributed by atoms with Crippen LogP contribution >= 0.6 is 0 Å². The molecule has 0 aromatic rings. The number of rotatable bonds is 11. The maximum absolute atomic E-state index is 12.8. The van der Waals surface area contributed by atoms with Gasteiger partial charge in [-0.3, -0.25) is 14.4 Å². The van der Waals surface area contributed by atoms with Gasteiger partial charge in [0.2, 0.25) is 17.7 Å². The van der Waals surface area contributed by atoms with Crippen LogP contribution in [0.4, 0.5) is 0 Å². The molecular formula is C24H46N4O3. The molecule has 1 unspecified atom stereocenters. The van der Waals surface area contributed by atoms with Gasteiger partial charge in [-0.05, 0) is 44.1 Å². The third-order valence-corrected chi connectivity index (χ3v) is 5.82. The zero-order valence-electron chi connectivity index (χ0n) is 20.3. The highest BCUT2D eigenvalue weighted by molar-refractivity contribution is 5.92. The highest BCUT2D eigenvalue weighted by Crippen LogP contribution is 2.27. The lowest BCUT2D eigenvalue weighted by Crippen LogP contribution is -2.51. The van der Waals surface area contributed by atoms with Gasteiger partial charge in [-0.2, -0.15) is 0 Å². The normalized spacial score (nSPS) is 20.4. The van der Waals surface area contributed by atoms with Gasteiger partial charge in [0.25, 0.3) is 0 Å². The third-order valence-electron chi connectivity index (χ3n) is 5.82. The first-order valence-corrected chi connectivity index (χ1v) is 12.4. The number of nitrogens with two attached hydrogens (primary N) is 1. The summed E-state index contributed by atoms with van der Waals surface area (Å²) in [5.74, 6) is 0.824. The quantitative estimate of drug-likeness (QED) is 0.431. The van der Waals surface area contributed by atoms with Crippen LogP contribution in [0.3, 0.4) is 0 Å². The number of hydrogen-bond acceptors (Lipinski definition) is 4. The molecule has 1 aliphatic carbocycles. The smallest absolute Gasteiger partial charge is 0.243 e. The SMILES string of the molecule is CC(C)C.CCC[C@@H](C(=O)NCC(N)=O)N1CCC(NCCCC2CCCCC2)C1=O. The number of primary amides is 1. The van der Waals surface area contributed by atoms with Crippen LogP contribution in [0.1, 0.15) is 91.9 Å². The van der Waals surface area contributed by atoms with Crippen LogP contribution in [0.25, 0.3) is 0 Å². The van der Waals surface area contributed by atoms with Gasteiger partial charge >= 0.3 is 0 Å². The first kappa shape index (κ1) is 27.4. The predicted octanol–water partition coefficient (Wildman–Crippen LogP) is 2.97. The Balaban J connectivity index is 0.00000110. The van der Waals surface area contributed by atoms with E-state index in [1.165, 1.54) is 38.5 Å². The summed E-state index contributed by atoms with van der Waals surface area (Å²) in [5, 5.41) is 5.93. The minimum absolute atomic E-state index is 0.000316. The predicted molar refractivity (Wildman–Crippen MR) is 125 cm³/mol. The van der Waals surface area contributed by atoms with E-state index in [1.807, 2.05) is 6.92 Å². The number of nitrogens with one attached hydrogen (secondary N) is 2. The molecule has 0 bridgehead atoms. The fraction of sp³-hybridized carbons (Fsp3) is 0.875. The monoisotopic (exact) mass is 438 g/mol. The molecule has 0 radical (unpaired) electrons. The van der Waals surface area contributed by atoms with Gasteiger partial charge in [0.05, 0.1) is 12.6 Å². The van der Waals surface area contributed by atoms with E-state index in [0.29, 0.717) is 13.0 Å². The zero-order chi connectivity index (χ0) is 23.2. The van der Waals surface area contributed by atoms with E-state index >= 15 is 0 Å². The van der Waals surface area contributed by atoms with Crippen molar-refractivity contribution in [3.63, 3.8) is 0 Å². The van der Waals surface area contributed by atoms with Gasteiger partial charge in [0.1, 0.15) is 6.04 Å². The van der Waals surface area contributed by atoms with Crippen molar-refractivity contribution in [2.24, 2.45) is 17.6 Å². The van der Waals surface area contributed by atoms with Crippen LogP contribution in [-0.2, 0) is 14.4 Å². The molecule has 31 heavy (non-hydrogen) atoms. The highest BCUT2D eigenvalue weighted by atomic mass is 16.2. The molecule has 2 aliphatic rings. The number of amides is 3. The van der Waals surface area contributed by atoms with E-state index in [2.05, 4.69) is 31.4 Å². The lowest BCUT2D eigenvalue weighted by molar-refractivity contribution is -0.139. The van der Waals surface area contributed by atoms with E-state index in [1.54, 1.807) is 4.90 Å². The van der Waals surface area contributed by atoms with E-state index in [9.17, 15) is 14.4 Å². The number of likely N-dealkylation sites (tertiary alicyclic amines) is 1. The molecule has 2 atom stereocenters. The number of hydrogen-bond donors (Lipinski definition) is 3. The van der Waals surface area contributed by atoms with Crippen molar-refractivity contribution < 1.29 is 14.4 Å². The maximum Gasteiger partial charge on any atom is 0.243 e. The molecule has 0 spiro atoms. The van der Waals surface area contributed by atoms with Crippen LogP contribution < -0.4 is 16.4 Å². The van der Waals surface area contributed by atoms with Crippen LogP contribution in [0.5, 0.6) is 0 Å². The van der Waals surface area contributed by atoms with Crippen molar-refractivity contribution in [2.45, 2.75) is 104 Å². The molecule has 1 saturated heterocycles. The molecule has 2 rings (SSSR count). The highest BCUT2D eigenvalue weighted by Gasteiger charge is 2.38. The maximum atomic E-state index is 12.8. The topological polar surface area (TPSA) is 105 Å². The van der Waals surface area contributed by atoms with E-state index in [0.717, 1.165) is 37.6 Å². The standard InChI is InChI=1S/C20H36N4O3.C4H10/c1-2-7-17(19(26)23-14-18(21)25)24-13-11-16(20(24)27)22-12-6-10-15-8-4-3-5-9-15;1-4(2)3/h15-17,22H,2-14H2,1H3,(H2,21,25)(H,23,26);4H,1-3H3/t16?,17-;/m0./s1. The van der Waals surface area contributed by atoms with Crippen molar-refractivity contribution in [2.75, 3.05) is 19.6 Å². The average Bonchev–Trinajstić information content (AvgIpc) is 3.08. The van der Waals surface area contributed by atoms with Crippen LogP contribution in [0.15, 0.2) is 0 Å². The number of carbonyl (C=O) groups excluding carboxylic acids is 3. The molecule has 7 heteroatoms. The lowest BCUT2D eigenvalue weighted by Gasteiger charge is -2.27. The fourth-order valence-electron chi connectivity index (χ4n) is 4.34. The molecule has 180 valence electrons. The molecule has 1 saturated carbocycles. The summed E-state index contributed by atoms with van der Waals surface area (Å²) in [7, 11) is 0. The van der Waals surface area contributed by atoms with Gasteiger partial charge in [0, 0.05) is 6.54 Å². The Labute approximate surface area is 189 Å². The van der Waals surface area contributed by atoms with Crippen LogP contribution in [0.2, 0.25) is 0 Å². The molecule has 1 aliphatic heterocycles. The minimum atomic E-state index is -0.580. The van der Waals surface area contributed by atoms with Crippen molar-refractivity contribution in [3.8, 4) is 0 Å². The molecule has 0 aromatic carbocycles. The van der Waals surface area contributed by atoms with Crippen LogP contribution in [0, 0.1) is 11.8 Å². The Morgan fingerprint density at radius 1 is 1.13 bits per heavy atom. The summed E-state index contributed by atoms with van der Waals surface area (Å²) in [5.41, 5.74) is 5.10. The molecule has 1 heterocycles. The minimum Gasteiger partial charge on any atom is -0.368 e. The summed E-state index contributed by atoms with van der Waals surface area (Å²) in [6.45, 7) is 9.72. The molecule has 2 fully saturated rings. The second-order valence-electron chi connectivity index (χ2n) is 9.69. The second-order valence-corrected chi connectivity index (χ2v) is 9.69. The van der Waals surface area contributed by atoms with Gasteiger partial charge in [0.15, 0.2) is 0 Å². The molecule has 0 aromatic heterocycles. The van der Waals surface area contributed by atoms with Crippen molar-refractivity contribution in [1.29, 1.82) is 0 Å². The number of nitrogens with zero attached hydrogens (tertiary/aromatic N) is 1. The van der Waals surface area contributed by atoms with Gasteiger partial charge < -0.3 is 21.3 Å². The molecular weight excluding hydrogens is 392 g/mol. The average molecular weight is 439 g/mol. The Hall–Kier alpha value is -1.63. The van der Waals surface area contributed by atoms with Crippen molar-refractivity contribution in [3.05, 3.63) is 0 Å². The second kappa shape index (κ2) is 15.2. The Morgan fingerprint density at radius 3 is 2.35 bits per heavy atom. The first-order valence-electron chi connectivity index (χ1n) is 12.4. The lowest BCUT2D eigenvalue weighted by atomic mass is 9.86. The molecule has 4 N–H and O–H groups in total. The van der Waals surface area contributed by atoms with Crippen LogP contribution in [-0.4, -0.2) is 54.3 Å². The van der Waals surface area contributed by atoms with E-state index < -0.39 is 11.9 Å². The Kier molecular flexibility index (Phi) is 13.5. The van der Waals surface area contributed by atoms with Gasteiger partial charge in [-0.1, -0.05) is 66.2 Å². The Bertz CT molecular complexity index is 544. The first-order chi connectivity index (χ1) is 14.8. The fourth-order valence-corrected chi connectivity index (χ4v) is 4.34. The van der Waals surface area contributed by atoms with E-state index in [4.69, 9.17) is 5.73 Å². The van der Waals surface area contributed by atoms with Gasteiger partial charge in [-0.25, -0.2) is 0 Å². The summed E-state index contributed by atoms with van der Waals surface area (Å²) in [6.07, 6.45) is 11.3. The summed E-state index contributed by atoms with van der Waals surface area (Å²) in [4.78, 5) is 37.7. The summed E-state index contributed by atoms with van der Waals surface area (Å²) >= 11 is 0. The molecule has 3 amide bonds. The third kappa shape index (κ3) is 11.0. The van der Waals surface area contributed by atoms with Crippen molar-refractivity contribution in [1.82, 2.24) is 15.5 Å². The molecule has 7 nitrogen and oxygen atoms in total. The van der Waals surface area contributed by atoms with Crippen molar-refractivity contribution >= 4 is 17.7 Å². The summed E-state index contributed by atoms with van der Waals surface area (Å²) in [6, 6.07) is -0.712. The zero-order valence-corrected chi connectivity index (χ0v) is 20.3. The number of carbonyl (C=O) groups is 3. The largest absolute Gasteiger partial charge is 0.368 e. The van der Waals surface area contributed by atoms with Gasteiger partial charge in [-0.15, -0.1) is 0 Å². The Morgan fingerprint density at radius 2 is 1.77 bits per heavy atom.